The summed E-state index contributed by atoms with van der Waals surface area (Å²) in [7, 11) is -2.86. The van der Waals surface area contributed by atoms with E-state index in [9.17, 15) is 8.42 Å². The van der Waals surface area contributed by atoms with Crippen molar-refractivity contribution in [2.45, 2.75) is 26.9 Å². The minimum Gasteiger partial charge on any atom is -0.310 e. The molecule has 92 valence electrons. The van der Waals surface area contributed by atoms with Crippen LogP contribution in [0.2, 0.25) is 0 Å². The van der Waals surface area contributed by atoms with Gasteiger partial charge < -0.3 is 5.32 Å². The molecule has 0 radical (unpaired) electrons. The minimum atomic E-state index is -2.86. The van der Waals surface area contributed by atoms with E-state index >= 15 is 0 Å². The molecular weight excluding hydrogens is 226 g/mol. The summed E-state index contributed by atoms with van der Waals surface area (Å²) in [5.41, 5.74) is 1.08. The molecule has 0 bridgehead atoms. The molecule has 1 rings (SSSR count). The number of hydrogen-bond donors (Lipinski definition) is 1. The van der Waals surface area contributed by atoms with Crippen LogP contribution in [0, 0.1) is 0 Å². The summed E-state index contributed by atoms with van der Waals surface area (Å²) in [5.74, 6) is 0.408. The number of aromatic nitrogens is 2. The summed E-state index contributed by atoms with van der Waals surface area (Å²) >= 11 is 0. The van der Waals surface area contributed by atoms with Crippen molar-refractivity contribution >= 4 is 9.84 Å². The van der Waals surface area contributed by atoms with Crippen LogP contribution in [0.5, 0.6) is 0 Å². The predicted molar refractivity (Wildman–Crippen MR) is 63.9 cm³/mol. The van der Waals surface area contributed by atoms with Gasteiger partial charge in [-0.15, -0.1) is 0 Å². The zero-order chi connectivity index (χ0) is 12.0. The van der Waals surface area contributed by atoms with E-state index in [0.29, 0.717) is 13.1 Å². The molecule has 0 unspecified atom stereocenters. The van der Waals surface area contributed by atoms with Crippen LogP contribution in [0.15, 0.2) is 12.3 Å². The van der Waals surface area contributed by atoms with Crippen LogP contribution in [0.3, 0.4) is 0 Å². The fraction of sp³-hybridized carbons (Fsp3) is 0.700. The monoisotopic (exact) mass is 245 g/mol. The first-order chi connectivity index (χ1) is 7.59. The van der Waals surface area contributed by atoms with E-state index in [2.05, 4.69) is 10.4 Å². The van der Waals surface area contributed by atoms with E-state index < -0.39 is 9.84 Å². The molecule has 0 spiro atoms. The van der Waals surface area contributed by atoms with Gasteiger partial charge in [0.15, 0.2) is 9.84 Å². The van der Waals surface area contributed by atoms with Gasteiger partial charge >= 0.3 is 0 Å². The smallest absolute Gasteiger partial charge is 0.151 e. The molecular formula is C10H19N3O2S. The van der Waals surface area contributed by atoms with Crippen molar-refractivity contribution in [1.29, 1.82) is 0 Å². The predicted octanol–water partition coefficient (Wildman–Crippen LogP) is 0.427. The first kappa shape index (κ1) is 13.2. The third-order valence-electron chi connectivity index (χ3n) is 2.44. The van der Waals surface area contributed by atoms with Crippen molar-refractivity contribution in [1.82, 2.24) is 15.1 Å². The number of aryl methyl sites for hydroxylation is 1. The van der Waals surface area contributed by atoms with E-state index in [4.69, 9.17) is 0 Å². The fourth-order valence-electron chi connectivity index (χ4n) is 1.38. The highest BCUT2D eigenvalue weighted by atomic mass is 32.2. The lowest BCUT2D eigenvalue weighted by molar-refractivity contribution is 0.577. The number of sulfone groups is 1. The van der Waals surface area contributed by atoms with Crippen LogP contribution < -0.4 is 5.32 Å². The molecule has 0 amide bonds. The van der Waals surface area contributed by atoms with Gasteiger partial charge in [-0.3, -0.25) is 4.68 Å². The van der Waals surface area contributed by atoms with Crippen LogP contribution in [-0.4, -0.2) is 36.2 Å². The highest BCUT2D eigenvalue weighted by molar-refractivity contribution is 7.91. The molecule has 0 aliphatic carbocycles. The van der Waals surface area contributed by atoms with Crippen molar-refractivity contribution in [3.05, 3.63) is 18.0 Å². The lowest BCUT2D eigenvalue weighted by Gasteiger charge is -2.06. The number of nitrogens with zero attached hydrogens (tertiary/aromatic N) is 2. The molecule has 6 heteroatoms. The summed E-state index contributed by atoms with van der Waals surface area (Å²) < 4.78 is 24.3. The first-order valence-corrected chi connectivity index (χ1v) is 7.33. The number of nitrogens with one attached hydrogen (secondary N) is 1. The molecule has 0 saturated heterocycles. The van der Waals surface area contributed by atoms with Gasteiger partial charge in [0, 0.05) is 31.6 Å². The van der Waals surface area contributed by atoms with Crippen LogP contribution in [0.1, 0.15) is 19.5 Å². The highest BCUT2D eigenvalue weighted by Crippen LogP contribution is 1.97. The van der Waals surface area contributed by atoms with Crippen molar-refractivity contribution in [2.24, 2.45) is 0 Å². The van der Waals surface area contributed by atoms with Gasteiger partial charge in [0.05, 0.1) is 11.4 Å². The molecule has 1 heterocycles. The topological polar surface area (TPSA) is 64.0 Å². The number of rotatable bonds is 7. The third kappa shape index (κ3) is 3.94. The zero-order valence-corrected chi connectivity index (χ0v) is 10.6. The quantitative estimate of drug-likeness (QED) is 0.707. The number of hydrogen-bond acceptors (Lipinski definition) is 4. The van der Waals surface area contributed by atoms with Crippen molar-refractivity contribution in [3.8, 4) is 0 Å². The van der Waals surface area contributed by atoms with Crippen LogP contribution in [-0.2, 0) is 22.9 Å². The van der Waals surface area contributed by atoms with Crippen LogP contribution in [0.25, 0.3) is 0 Å². The molecule has 0 aliphatic rings. The first-order valence-electron chi connectivity index (χ1n) is 5.51. The molecule has 0 aromatic carbocycles. The largest absolute Gasteiger partial charge is 0.310 e. The Bertz CT molecular complexity index is 411. The maximum Gasteiger partial charge on any atom is 0.151 e. The molecule has 0 atom stereocenters. The highest BCUT2D eigenvalue weighted by Gasteiger charge is 2.06. The molecule has 0 saturated carbocycles. The average molecular weight is 245 g/mol. The Kier molecular flexibility index (Phi) is 4.95. The van der Waals surface area contributed by atoms with Gasteiger partial charge in [-0.05, 0) is 13.0 Å². The average Bonchev–Trinajstić information content (AvgIpc) is 2.72. The summed E-state index contributed by atoms with van der Waals surface area (Å²) in [6.45, 7) is 5.68. The lowest BCUT2D eigenvalue weighted by Crippen LogP contribution is -2.24. The Morgan fingerprint density at radius 1 is 1.44 bits per heavy atom. The van der Waals surface area contributed by atoms with Gasteiger partial charge in [-0.25, -0.2) is 8.42 Å². The van der Waals surface area contributed by atoms with Gasteiger partial charge in [-0.1, -0.05) is 6.92 Å². The third-order valence-corrected chi connectivity index (χ3v) is 4.15. The van der Waals surface area contributed by atoms with Crippen molar-refractivity contribution in [2.75, 3.05) is 18.1 Å². The van der Waals surface area contributed by atoms with Crippen LogP contribution in [0.4, 0.5) is 0 Å². The Labute approximate surface area is 96.8 Å². The standard InChI is InChI=1S/C10H19N3O2S/c1-3-13-10(5-6-12-13)9-11-7-8-16(14,15)4-2/h5-6,11H,3-4,7-9H2,1-2H3. The van der Waals surface area contributed by atoms with E-state index in [1.54, 1.807) is 13.1 Å². The van der Waals surface area contributed by atoms with E-state index in [0.717, 1.165) is 12.2 Å². The maximum absolute atomic E-state index is 11.2. The molecule has 0 fully saturated rings. The van der Waals surface area contributed by atoms with E-state index in [1.807, 2.05) is 17.7 Å². The molecule has 0 aliphatic heterocycles. The van der Waals surface area contributed by atoms with Gasteiger partial charge in [-0.2, -0.15) is 5.10 Å². The van der Waals surface area contributed by atoms with Crippen LogP contribution >= 0.6 is 0 Å². The molecule has 1 N–H and O–H groups in total. The van der Waals surface area contributed by atoms with E-state index in [-0.39, 0.29) is 11.5 Å². The second kappa shape index (κ2) is 6.00. The van der Waals surface area contributed by atoms with Gasteiger partial charge in [0.2, 0.25) is 0 Å². The normalized spacial score (nSPS) is 11.9. The fourth-order valence-corrected chi connectivity index (χ4v) is 2.13. The Morgan fingerprint density at radius 2 is 2.19 bits per heavy atom. The molecule has 1 aromatic heterocycles. The zero-order valence-electron chi connectivity index (χ0n) is 9.81. The molecule has 5 nitrogen and oxygen atoms in total. The van der Waals surface area contributed by atoms with Crippen molar-refractivity contribution in [3.63, 3.8) is 0 Å². The van der Waals surface area contributed by atoms with Gasteiger partial charge in [0.25, 0.3) is 0 Å². The Balaban J connectivity index is 2.31. The lowest BCUT2D eigenvalue weighted by atomic mass is 10.4. The summed E-state index contributed by atoms with van der Waals surface area (Å²) in [5, 5.41) is 7.25. The van der Waals surface area contributed by atoms with Gasteiger partial charge in [0.1, 0.15) is 0 Å². The Morgan fingerprint density at radius 3 is 2.81 bits per heavy atom. The second-order valence-corrected chi connectivity index (χ2v) is 6.02. The minimum absolute atomic E-state index is 0.198. The Hall–Kier alpha value is -0.880. The summed E-state index contributed by atoms with van der Waals surface area (Å²) in [6, 6.07) is 1.94. The summed E-state index contributed by atoms with van der Waals surface area (Å²) in [4.78, 5) is 0. The SMILES string of the molecule is CCn1nccc1CNCCS(=O)(=O)CC. The second-order valence-electron chi connectivity index (χ2n) is 3.55. The summed E-state index contributed by atoms with van der Waals surface area (Å²) in [6.07, 6.45) is 1.75. The molecule has 16 heavy (non-hydrogen) atoms. The van der Waals surface area contributed by atoms with E-state index in [1.165, 1.54) is 0 Å². The van der Waals surface area contributed by atoms with Crippen molar-refractivity contribution < 1.29 is 8.42 Å². The molecule has 1 aromatic rings. The maximum atomic E-state index is 11.2.